The van der Waals surface area contributed by atoms with Crippen molar-refractivity contribution in [1.82, 2.24) is 0 Å². The highest BCUT2D eigenvalue weighted by molar-refractivity contribution is 6.84. The monoisotopic (exact) mass is 325 g/mol. The molecule has 0 aliphatic carbocycles. The van der Waals surface area contributed by atoms with Gasteiger partial charge in [-0.2, -0.15) is 0 Å². The van der Waals surface area contributed by atoms with Gasteiger partial charge in [0.25, 0.3) is 0 Å². The Morgan fingerprint density at radius 1 is 1.17 bits per heavy atom. The summed E-state index contributed by atoms with van der Waals surface area (Å²) >= 11 is 0. The summed E-state index contributed by atoms with van der Waals surface area (Å²) in [5, 5.41) is 1.54. The van der Waals surface area contributed by atoms with E-state index in [1.165, 1.54) is 33.5 Å². The number of nitrogens with zero attached hydrogens (tertiary/aromatic N) is 1. The first-order chi connectivity index (χ1) is 10.6. The van der Waals surface area contributed by atoms with Crippen molar-refractivity contribution < 1.29 is 4.58 Å². The predicted octanol–water partition coefficient (Wildman–Crippen LogP) is 5.64. The van der Waals surface area contributed by atoms with Crippen molar-refractivity contribution in [2.24, 2.45) is 5.92 Å². The standard InChI is InChI=1S/C21H31NSi/c1-15(2)11-18-13-20(19-10-9-16(3)12-17(19)4)22(5)14-21(18)23(6,7)8/h9-10,12-15H,5,11H2,1-4,6-8H3. The molecule has 0 N–H and O–H groups in total. The second kappa shape index (κ2) is 6.52. The van der Waals surface area contributed by atoms with Gasteiger partial charge in [0.05, 0.1) is 14.8 Å². The van der Waals surface area contributed by atoms with Crippen molar-refractivity contribution in [3.63, 3.8) is 0 Å². The smallest absolute Gasteiger partial charge is 0.147 e. The van der Waals surface area contributed by atoms with Crippen molar-refractivity contribution in [3.05, 3.63) is 64.0 Å². The first-order valence-electron chi connectivity index (χ1n) is 8.57. The minimum atomic E-state index is -1.38. The van der Waals surface area contributed by atoms with Crippen LogP contribution in [0.3, 0.4) is 0 Å². The van der Waals surface area contributed by atoms with Gasteiger partial charge in [-0.05, 0) is 36.1 Å². The van der Waals surface area contributed by atoms with Crippen molar-refractivity contribution in [2.75, 3.05) is 0 Å². The average molecular weight is 326 g/mol. The summed E-state index contributed by atoms with van der Waals surface area (Å²) < 4.78 is 2.08. The Hall–Kier alpha value is -1.54. The van der Waals surface area contributed by atoms with Crippen LogP contribution in [0.5, 0.6) is 0 Å². The van der Waals surface area contributed by atoms with Gasteiger partial charge >= 0.3 is 0 Å². The summed E-state index contributed by atoms with van der Waals surface area (Å²) in [5.74, 6) is 0.665. The third kappa shape index (κ3) is 4.05. The summed E-state index contributed by atoms with van der Waals surface area (Å²) in [6, 6.07) is 7.90. The van der Waals surface area contributed by atoms with E-state index in [1.807, 2.05) is 0 Å². The molecule has 2 rings (SSSR count). The zero-order valence-corrected chi connectivity index (χ0v) is 16.8. The fraction of sp³-hybridized carbons (Fsp3) is 0.429. The van der Waals surface area contributed by atoms with Gasteiger partial charge in [0.2, 0.25) is 0 Å². The van der Waals surface area contributed by atoms with Crippen LogP contribution in [0.2, 0.25) is 19.6 Å². The quantitative estimate of drug-likeness (QED) is 0.382. The lowest BCUT2D eigenvalue weighted by Crippen LogP contribution is -2.31. The first kappa shape index (κ1) is 17.8. The molecule has 0 spiro atoms. The number of benzene rings is 1. The summed E-state index contributed by atoms with van der Waals surface area (Å²) in [4.78, 5) is 0. The molecule has 1 aromatic rings. The number of hydrogen-bond donors (Lipinski definition) is 0. The lowest BCUT2D eigenvalue weighted by Gasteiger charge is -2.32. The maximum Gasteiger partial charge on any atom is 0.147 e. The van der Waals surface area contributed by atoms with Crippen LogP contribution in [0.25, 0.3) is 0 Å². The molecule has 0 amide bonds. The maximum absolute atomic E-state index is 4.29. The van der Waals surface area contributed by atoms with Gasteiger partial charge in [0.1, 0.15) is 12.2 Å². The van der Waals surface area contributed by atoms with Crippen molar-refractivity contribution in [2.45, 2.75) is 53.8 Å². The Balaban J connectivity index is 2.49. The molecule has 0 atom stereocenters. The van der Waals surface area contributed by atoms with Gasteiger partial charge in [-0.1, -0.05) is 69.2 Å². The Labute approximate surface area is 143 Å². The van der Waals surface area contributed by atoms with Gasteiger partial charge < -0.3 is 0 Å². The molecule has 1 aliphatic rings. The Kier molecular flexibility index (Phi) is 5.05. The van der Waals surface area contributed by atoms with E-state index in [9.17, 15) is 0 Å². The average Bonchev–Trinajstić information content (AvgIpc) is 2.39. The third-order valence-electron chi connectivity index (χ3n) is 4.35. The van der Waals surface area contributed by atoms with Crippen LogP contribution in [0.4, 0.5) is 0 Å². The molecule has 0 unspecified atom stereocenters. The molecule has 1 aromatic carbocycles. The highest BCUT2D eigenvalue weighted by Gasteiger charge is 2.29. The highest BCUT2D eigenvalue weighted by Crippen LogP contribution is 2.35. The van der Waals surface area contributed by atoms with Crippen LogP contribution >= 0.6 is 0 Å². The molecule has 1 nitrogen and oxygen atoms in total. The van der Waals surface area contributed by atoms with E-state index in [-0.39, 0.29) is 0 Å². The summed E-state index contributed by atoms with van der Waals surface area (Å²) in [5.41, 5.74) is 5.42. The number of allylic oxidation sites excluding steroid dienone is 2. The van der Waals surface area contributed by atoms with Gasteiger partial charge in [0.15, 0.2) is 0 Å². The normalized spacial score (nSPS) is 15.8. The summed E-state index contributed by atoms with van der Waals surface area (Å²) in [7, 11) is -1.38. The SMILES string of the molecule is C=[N+]1C=C([Si](C)(C)C)C(CC(C)C)=C[C-]1c1ccc(C)cc1C. The lowest BCUT2D eigenvalue weighted by atomic mass is 9.92. The molecule has 0 bridgehead atoms. The molecule has 0 saturated heterocycles. The van der Waals surface area contributed by atoms with E-state index in [0.717, 1.165) is 6.42 Å². The second-order valence-corrected chi connectivity index (χ2v) is 13.3. The highest BCUT2D eigenvalue weighted by atomic mass is 28.3. The third-order valence-corrected chi connectivity index (χ3v) is 6.41. The van der Waals surface area contributed by atoms with Gasteiger partial charge in [-0.15, -0.1) is 6.07 Å². The lowest BCUT2D eigenvalue weighted by molar-refractivity contribution is -0.418. The van der Waals surface area contributed by atoms with Crippen molar-refractivity contribution >= 4 is 14.8 Å². The number of rotatable bonds is 4. The first-order valence-corrected chi connectivity index (χ1v) is 12.1. The summed E-state index contributed by atoms with van der Waals surface area (Å²) in [6.45, 7) is 20.5. The molecule has 0 saturated carbocycles. The van der Waals surface area contributed by atoms with Gasteiger partial charge in [0, 0.05) is 0 Å². The maximum atomic E-state index is 4.29. The Morgan fingerprint density at radius 3 is 2.35 bits per heavy atom. The minimum Gasteiger partial charge on any atom is -0.255 e. The topological polar surface area (TPSA) is 3.01 Å². The molecule has 23 heavy (non-hydrogen) atoms. The van der Waals surface area contributed by atoms with E-state index in [0.29, 0.717) is 5.92 Å². The zero-order chi connectivity index (χ0) is 17.4. The van der Waals surface area contributed by atoms with Gasteiger partial charge in [-0.3, -0.25) is 4.58 Å². The molecule has 0 radical (unpaired) electrons. The van der Waals surface area contributed by atoms with E-state index in [2.05, 4.69) is 89.1 Å². The van der Waals surface area contributed by atoms with E-state index in [1.54, 1.807) is 0 Å². The number of aryl methyl sites for hydroxylation is 2. The minimum absolute atomic E-state index is 0.665. The van der Waals surface area contributed by atoms with Crippen LogP contribution in [-0.2, 0) is 0 Å². The molecule has 2 heteroatoms. The van der Waals surface area contributed by atoms with Crippen LogP contribution in [0, 0.1) is 25.8 Å². The molecule has 1 heterocycles. The van der Waals surface area contributed by atoms with E-state index in [4.69, 9.17) is 0 Å². The Bertz CT molecular complexity index is 672. The second-order valence-electron chi connectivity index (χ2n) is 8.23. The fourth-order valence-electron chi connectivity index (χ4n) is 3.25. The van der Waals surface area contributed by atoms with Crippen LogP contribution < -0.4 is 0 Å². The molecule has 0 aromatic heterocycles. The van der Waals surface area contributed by atoms with Crippen LogP contribution in [0.1, 0.15) is 37.0 Å². The number of hydrogen-bond acceptors (Lipinski definition) is 0. The predicted molar refractivity (Wildman–Crippen MR) is 105 cm³/mol. The molecule has 1 aliphatic heterocycles. The molecular weight excluding hydrogens is 294 g/mol. The largest absolute Gasteiger partial charge is 0.255 e. The van der Waals surface area contributed by atoms with Crippen LogP contribution in [0.15, 0.2) is 41.2 Å². The van der Waals surface area contributed by atoms with Gasteiger partial charge in [-0.25, -0.2) is 0 Å². The fourth-order valence-corrected chi connectivity index (χ4v) is 4.93. The van der Waals surface area contributed by atoms with Crippen LogP contribution in [-0.4, -0.2) is 19.4 Å². The zero-order valence-electron chi connectivity index (χ0n) is 15.8. The molecular formula is C21H31NSi. The van der Waals surface area contributed by atoms with E-state index >= 15 is 0 Å². The van der Waals surface area contributed by atoms with E-state index < -0.39 is 8.07 Å². The Morgan fingerprint density at radius 2 is 1.83 bits per heavy atom. The molecule has 0 fully saturated rings. The summed E-state index contributed by atoms with van der Waals surface area (Å²) in [6.07, 6.45) is 5.81. The van der Waals surface area contributed by atoms with Crippen molar-refractivity contribution in [3.8, 4) is 0 Å². The van der Waals surface area contributed by atoms with Crippen molar-refractivity contribution in [1.29, 1.82) is 0 Å². The molecule has 124 valence electrons.